The molecule has 0 unspecified atom stereocenters. The van der Waals surface area contributed by atoms with Gasteiger partial charge in [0.05, 0.1) is 4.92 Å². The van der Waals surface area contributed by atoms with Gasteiger partial charge in [0.1, 0.15) is 0 Å². The van der Waals surface area contributed by atoms with Crippen molar-refractivity contribution >= 4 is 30.5 Å². The summed E-state index contributed by atoms with van der Waals surface area (Å²) in [6, 6.07) is 7.34. The molecular formula is C16H25Cl2N3O3. The Morgan fingerprint density at radius 1 is 1.17 bits per heavy atom. The van der Waals surface area contributed by atoms with Crippen molar-refractivity contribution in [3.8, 4) is 0 Å². The molecule has 136 valence electrons. The molecule has 0 radical (unpaired) electrons. The molecule has 1 N–H and O–H groups in total. The number of nitro benzene ring substituents is 1. The van der Waals surface area contributed by atoms with Crippen LogP contribution in [0.15, 0.2) is 24.3 Å². The Balaban J connectivity index is 0.00000144. The molecule has 0 saturated carbocycles. The maximum atomic E-state index is 11.4. The van der Waals surface area contributed by atoms with Crippen LogP contribution in [0.1, 0.15) is 24.4 Å². The SMILES string of the molecule is Cl.Cl.O=[N+]([O-])c1ccccc1[C@H](C1CCOCC1)N1CCNCC1. The van der Waals surface area contributed by atoms with Crippen LogP contribution in [-0.4, -0.2) is 49.2 Å². The number of hydrogen-bond donors (Lipinski definition) is 1. The summed E-state index contributed by atoms with van der Waals surface area (Å²) in [6.07, 6.45) is 1.95. The summed E-state index contributed by atoms with van der Waals surface area (Å²) < 4.78 is 5.49. The summed E-state index contributed by atoms with van der Waals surface area (Å²) in [5.74, 6) is 0.424. The quantitative estimate of drug-likeness (QED) is 0.645. The fourth-order valence-corrected chi connectivity index (χ4v) is 3.64. The van der Waals surface area contributed by atoms with Crippen molar-refractivity contribution in [1.29, 1.82) is 0 Å². The van der Waals surface area contributed by atoms with Gasteiger partial charge in [0.25, 0.3) is 5.69 Å². The van der Waals surface area contributed by atoms with Gasteiger partial charge in [-0.05, 0) is 18.8 Å². The fourth-order valence-electron chi connectivity index (χ4n) is 3.64. The molecule has 1 aromatic rings. The molecule has 3 rings (SSSR count). The van der Waals surface area contributed by atoms with Gasteiger partial charge in [-0.3, -0.25) is 15.0 Å². The van der Waals surface area contributed by atoms with E-state index in [4.69, 9.17) is 4.74 Å². The standard InChI is InChI=1S/C16H23N3O3.2ClH/c20-19(21)15-4-2-1-3-14(15)16(13-5-11-22-12-6-13)18-9-7-17-8-10-18;;/h1-4,13,16-17H,5-12H2;2*1H/t16-;;/m0../s1. The Bertz CT molecular complexity index is 503. The Morgan fingerprint density at radius 2 is 1.79 bits per heavy atom. The molecule has 0 aromatic heterocycles. The van der Waals surface area contributed by atoms with Gasteiger partial charge in [-0.2, -0.15) is 0 Å². The van der Waals surface area contributed by atoms with Crippen LogP contribution in [0.3, 0.4) is 0 Å². The zero-order valence-electron chi connectivity index (χ0n) is 13.6. The van der Waals surface area contributed by atoms with Gasteiger partial charge >= 0.3 is 0 Å². The van der Waals surface area contributed by atoms with Crippen molar-refractivity contribution in [2.75, 3.05) is 39.4 Å². The third-order valence-electron chi connectivity index (χ3n) is 4.71. The van der Waals surface area contributed by atoms with Gasteiger partial charge in [-0.1, -0.05) is 18.2 Å². The average molecular weight is 378 g/mol. The smallest absolute Gasteiger partial charge is 0.274 e. The first-order valence-electron chi connectivity index (χ1n) is 8.03. The molecule has 2 heterocycles. The van der Waals surface area contributed by atoms with Crippen LogP contribution in [-0.2, 0) is 4.74 Å². The number of nitrogens with one attached hydrogen (secondary N) is 1. The fraction of sp³-hybridized carbons (Fsp3) is 0.625. The van der Waals surface area contributed by atoms with E-state index in [9.17, 15) is 10.1 Å². The zero-order chi connectivity index (χ0) is 15.4. The van der Waals surface area contributed by atoms with E-state index in [0.29, 0.717) is 5.92 Å². The molecule has 8 heteroatoms. The summed E-state index contributed by atoms with van der Waals surface area (Å²) in [4.78, 5) is 13.6. The molecule has 0 aliphatic carbocycles. The molecule has 2 fully saturated rings. The van der Waals surface area contributed by atoms with Crippen molar-refractivity contribution in [2.24, 2.45) is 5.92 Å². The number of para-hydroxylation sites is 1. The number of hydrogen-bond acceptors (Lipinski definition) is 5. The number of piperazine rings is 1. The lowest BCUT2D eigenvalue weighted by Gasteiger charge is -2.40. The monoisotopic (exact) mass is 377 g/mol. The third kappa shape index (κ3) is 4.80. The lowest BCUT2D eigenvalue weighted by atomic mass is 9.85. The molecule has 2 saturated heterocycles. The van der Waals surface area contributed by atoms with E-state index in [1.807, 2.05) is 12.1 Å². The lowest BCUT2D eigenvalue weighted by Crippen LogP contribution is -2.47. The normalized spacial score (nSPS) is 20.5. The largest absolute Gasteiger partial charge is 0.381 e. The second-order valence-corrected chi connectivity index (χ2v) is 6.00. The summed E-state index contributed by atoms with van der Waals surface area (Å²) in [6.45, 7) is 5.28. The topological polar surface area (TPSA) is 67.6 Å². The number of nitrogens with zero attached hydrogens (tertiary/aromatic N) is 2. The third-order valence-corrected chi connectivity index (χ3v) is 4.71. The van der Waals surface area contributed by atoms with Crippen molar-refractivity contribution in [1.82, 2.24) is 10.2 Å². The predicted octanol–water partition coefficient (Wildman–Crippen LogP) is 2.81. The highest BCUT2D eigenvalue weighted by atomic mass is 35.5. The molecule has 6 nitrogen and oxygen atoms in total. The molecule has 0 spiro atoms. The Morgan fingerprint density at radius 3 is 2.42 bits per heavy atom. The number of nitro groups is 1. The summed E-state index contributed by atoms with van der Waals surface area (Å²) in [5.41, 5.74) is 1.11. The van der Waals surface area contributed by atoms with Crippen LogP contribution in [0.25, 0.3) is 0 Å². The van der Waals surface area contributed by atoms with Crippen LogP contribution in [0.5, 0.6) is 0 Å². The molecule has 0 amide bonds. The minimum absolute atomic E-state index is 0. The number of ether oxygens (including phenoxy) is 1. The summed E-state index contributed by atoms with van der Waals surface area (Å²) in [5, 5.41) is 14.8. The Kier molecular flexibility index (Phi) is 8.94. The molecule has 24 heavy (non-hydrogen) atoms. The van der Waals surface area contributed by atoms with E-state index in [0.717, 1.165) is 57.8 Å². The van der Waals surface area contributed by atoms with Gasteiger partial charge in [0, 0.05) is 57.1 Å². The van der Waals surface area contributed by atoms with E-state index in [1.54, 1.807) is 12.1 Å². The van der Waals surface area contributed by atoms with Crippen LogP contribution >= 0.6 is 24.8 Å². The van der Waals surface area contributed by atoms with Crippen LogP contribution < -0.4 is 5.32 Å². The first kappa shape index (κ1) is 21.1. The Labute approximate surface area is 154 Å². The van der Waals surface area contributed by atoms with Crippen molar-refractivity contribution in [3.05, 3.63) is 39.9 Å². The van der Waals surface area contributed by atoms with Crippen LogP contribution in [0.4, 0.5) is 5.69 Å². The van der Waals surface area contributed by atoms with Crippen molar-refractivity contribution < 1.29 is 9.66 Å². The number of benzene rings is 1. The first-order valence-corrected chi connectivity index (χ1v) is 8.03. The van der Waals surface area contributed by atoms with Gasteiger partial charge in [-0.25, -0.2) is 0 Å². The first-order chi connectivity index (χ1) is 10.8. The van der Waals surface area contributed by atoms with E-state index in [2.05, 4.69) is 10.2 Å². The molecule has 1 aromatic carbocycles. The van der Waals surface area contributed by atoms with E-state index in [1.165, 1.54) is 0 Å². The lowest BCUT2D eigenvalue weighted by molar-refractivity contribution is -0.386. The number of halogens is 2. The molecular weight excluding hydrogens is 353 g/mol. The van der Waals surface area contributed by atoms with Crippen molar-refractivity contribution in [3.63, 3.8) is 0 Å². The van der Waals surface area contributed by atoms with Gasteiger partial charge < -0.3 is 10.1 Å². The highest BCUT2D eigenvalue weighted by molar-refractivity contribution is 5.85. The minimum atomic E-state index is -0.246. The average Bonchev–Trinajstić information content (AvgIpc) is 2.57. The van der Waals surface area contributed by atoms with Gasteiger partial charge in [0.2, 0.25) is 0 Å². The van der Waals surface area contributed by atoms with E-state index in [-0.39, 0.29) is 41.5 Å². The molecule has 2 aliphatic heterocycles. The minimum Gasteiger partial charge on any atom is -0.381 e. The predicted molar refractivity (Wildman–Crippen MR) is 98.3 cm³/mol. The molecule has 2 aliphatic rings. The zero-order valence-corrected chi connectivity index (χ0v) is 15.2. The summed E-state index contributed by atoms with van der Waals surface area (Å²) >= 11 is 0. The molecule has 0 bridgehead atoms. The maximum Gasteiger partial charge on any atom is 0.274 e. The highest BCUT2D eigenvalue weighted by Gasteiger charge is 2.34. The van der Waals surface area contributed by atoms with Crippen molar-refractivity contribution in [2.45, 2.75) is 18.9 Å². The second-order valence-electron chi connectivity index (χ2n) is 6.00. The summed E-state index contributed by atoms with van der Waals surface area (Å²) in [7, 11) is 0. The number of rotatable bonds is 4. The van der Waals surface area contributed by atoms with Crippen LogP contribution in [0.2, 0.25) is 0 Å². The van der Waals surface area contributed by atoms with Gasteiger partial charge in [-0.15, -0.1) is 24.8 Å². The Hall–Kier alpha value is -0.920. The maximum absolute atomic E-state index is 11.4. The van der Waals surface area contributed by atoms with Gasteiger partial charge in [0.15, 0.2) is 0 Å². The van der Waals surface area contributed by atoms with Crippen LogP contribution in [0, 0.1) is 16.0 Å². The highest BCUT2D eigenvalue weighted by Crippen LogP contribution is 2.39. The van der Waals surface area contributed by atoms with E-state index >= 15 is 0 Å². The second kappa shape index (κ2) is 10.2. The van der Waals surface area contributed by atoms with E-state index < -0.39 is 0 Å². The molecule has 1 atom stereocenters.